The number of hydrogen-bond acceptors (Lipinski definition) is 3. The third kappa shape index (κ3) is 3.30. The van der Waals surface area contributed by atoms with Crippen molar-refractivity contribution in [2.45, 2.75) is 19.5 Å². The quantitative estimate of drug-likeness (QED) is 0.595. The molecule has 0 saturated carbocycles. The van der Waals surface area contributed by atoms with Crippen molar-refractivity contribution in [2.75, 3.05) is 0 Å². The molecule has 0 aliphatic rings. The largest absolute Gasteiger partial charge is 0.304 e. The normalized spacial score (nSPS) is 12.4. The zero-order chi connectivity index (χ0) is 17.1. The van der Waals surface area contributed by atoms with Crippen LogP contribution >= 0.6 is 0 Å². The minimum Gasteiger partial charge on any atom is -0.304 e. The van der Waals surface area contributed by atoms with Gasteiger partial charge >= 0.3 is 0 Å². The van der Waals surface area contributed by atoms with E-state index in [0.717, 1.165) is 11.4 Å². The standard InChI is InChI=1S/C21H20N4/c1-16(20-13-7-9-17-8-5-6-12-21(17)20)22-14-18-15-23-25(24-18)19-10-3-2-4-11-19/h2-13,15-16,22H,14H2,1H3. The second-order valence-electron chi connectivity index (χ2n) is 6.13. The van der Waals surface area contributed by atoms with Crippen LogP contribution in [0.3, 0.4) is 0 Å². The molecule has 4 rings (SSSR count). The lowest BCUT2D eigenvalue weighted by molar-refractivity contribution is 0.567. The van der Waals surface area contributed by atoms with Crippen molar-refractivity contribution in [3.8, 4) is 5.69 Å². The fraction of sp³-hybridized carbons (Fsp3) is 0.143. The molecule has 1 heterocycles. The van der Waals surface area contributed by atoms with Gasteiger partial charge in [-0.25, -0.2) is 0 Å². The van der Waals surface area contributed by atoms with Crippen LogP contribution in [-0.4, -0.2) is 15.0 Å². The van der Waals surface area contributed by atoms with Gasteiger partial charge in [0, 0.05) is 12.6 Å². The number of hydrogen-bond donors (Lipinski definition) is 1. The summed E-state index contributed by atoms with van der Waals surface area (Å²) in [5, 5.41) is 15.0. The Labute approximate surface area is 147 Å². The van der Waals surface area contributed by atoms with Gasteiger partial charge in [0.25, 0.3) is 0 Å². The van der Waals surface area contributed by atoms with Crippen LogP contribution in [0, 0.1) is 0 Å². The smallest absolute Gasteiger partial charge is 0.0969 e. The topological polar surface area (TPSA) is 42.7 Å². The molecular formula is C21H20N4. The SMILES string of the molecule is CC(NCc1cnn(-c2ccccc2)n1)c1cccc2ccccc12. The number of nitrogens with zero attached hydrogens (tertiary/aromatic N) is 3. The average molecular weight is 328 g/mol. The number of aromatic nitrogens is 3. The van der Waals surface area contributed by atoms with E-state index in [1.807, 2.05) is 36.5 Å². The molecule has 1 N–H and O–H groups in total. The van der Waals surface area contributed by atoms with Gasteiger partial charge in [0.2, 0.25) is 0 Å². The summed E-state index contributed by atoms with van der Waals surface area (Å²) in [5.74, 6) is 0. The minimum absolute atomic E-state index is 0.230. The van der Waals surface area contributed by atoms with Gasteiger partial charge in [-0.1, -0.05) is 60.7 Å². The van der Waals surface area contributed by atoms with E-state index in [0.29, 0.717) is 6.54 Å². The third-order valence-corrected chi connectivity index (χ3v) is 4.41. The van der Waals surface area contributed by atoms with Gasteiger partial charge in [0.1, 0.15) is 0 Å². The molecule has 0 aliphatic carbocycles. The first-order chi connectivity index (χ1) is 12.3. The van der Waals surface area contributed by atoms with Crippen LogP contribution in [0.15, 0.2) is 79.0 Å². The van der Waals surface area contributed by atoms with Crippen molar-refractivity contribution in [3.63, 3.8) is 0 Å². The maximum atomic E-state index is 4.55. The number of rotatable bonds is 5. The first-order valence-corrected chi connectivity index (χ1v) is 8.49. The highest BCUT2D eigenvalue weighted by atomic mass is 15.5. The summed E-state index contributed by atoms with van der Waals surface area (Å²) in [4.78, 5) is 1.67. The van der Waals surface area contributed by atoms with Crippen molar-refractivity contribution in [3.05, 3.63) is 90.3 Å². The summed E-state index contributed by atoms with van der Waals surface area (Å²) in [6.07, 6.45) is 1.82. The molecule has 0 spiro atoms. The Balaban J connectivity index is 1.49. The first kappa shape index (κ1) is 15.5. The van der Waals surface area contributed by atoms with Gasteiger partial charge in [0.05, 0.1) is 17.6 Å². The Kier molecular flexibility index (Phi) is 4.27. The Hall–Kier alpha value is -2.98. The summed E-state index contributed by atoms with van der Waals surface area (Å²) in [7, 11) is 0. The van der Waals surface area contributed by atoms with Crippen molar-refractivity contribution in [2.24, 2.45) is 0 Å². The molecule has 0 amide bonds. The first-order valence-electron chi connectivity index (χ1n) is 8.49. The summed E-state index contributed by atoms with van der Waals surface area (Å²) >= 11 is 0. The molecule has 25 heavy (non-hydrogen) atoms. The molecule has 4 aromatic rings. The van der Waals surface area contributed by atoms with Crippen molar-refractivity contribution in [1.29, 1.82) is 0 Å². The number of nitrogens with one attached hydrogen (secondary N) is 1. The van der Waals surface area contributed by atoms with Gasteiger partial charge in [-0.2, -0.15) is 15.0 Å². The zero-order valence-electron chi connectivity index (χ0n) is 14.1. The number of benzene rings is 3. The van der Waals surface area contributed by atoms with E-state index in [1.54, 1.807) is 4.80 Å². The Morgan fingerprint density at radius 3 is 2.56 bits per heavy atom. The summed E-state index contributed by atoms with van der Waals surface area (Å²) in [6.45, 7) is 2.86. The lowest BCUT2D eigenvalue weighted by Crippen LogP contribution is -2.18. The monoisotopic (exact) mass is 328 g/mol. The molecule has 1 unspecified atom stereocenters. The van der Waals surface area contributed by atoms with Crippen LogP contribution < -0.4 is 5.32 Å². The third-order valence-electron chi connectivity index (χ3n) is 4.41. The van der Waals surface area contributed by atoms with E-state index >= 15 is 0 Å². The summed E-state index contributed by atoms with van der Waals surface area (Å²) in [6, 6.07) is 25.1. The van der Waals surface area contributed by atoms with Crippen LogP contribution in [0.2, 0.25) is 0 Å². The number of fused-ring (bicyclic) bond motifs is 1. The predicted octanol–water partition coefficient (Wildman–Crippen LogP) is 4.27. The van der Waals surface area contributed by atoms with E-state index in [9.17, 15) is 0 Å². The molecule has 1 atom stereocenters. The second kappa shape index (κ2) is 6.87. The second-order valence-corrected chi connectivity index (χ2v) is 6.13. The van der Waals surface area contributed by atoms with Gasteiger partial charge in [-0.15, -0.1) is 0 Å². The molecule has 1 aromatic heterocycles. The van der Waals surface area contributed by atoms with Gasteiger partial charge in [-0.3, -0.25) is 0 Å². The molecule has 0 fully saturated rings. The molecule has 3 aromatic carbocycles. The number of para-hydroxylation sites is 1. The Morgan fingerprint density at radius 1 is 0.920 bits per heavy atom. The van der Waals surface area contributed by atoms with Crippen LogP contribution in [0.5, 0.6) is 0 Å². The van der Waals surface area contributed by atoms with Gasteiger partial charge in [0.15, 0.2) is 0 Å². The minimum atomic E-state index is 0.230. The van der Waals surface area contributed by atoms with E-state index in [2.05, 4.69) is 64.9 Å². The van der Waals surface area contributed by atoms with Gasteiger partial charge in [-0.05, 0) is 35.4 Å². The van der Waals surface area contributed by atoms with E-state index < -0.39 is 0 Å². The molecule has 4 nitrogen and oxygen atoms in total. The maximum Gasteiger partial charge on any atom is 0.0969 e. The highest BCUT2D eigenvalue weighted by Gasteiger charge is 2.10. The molecule has 0 radical (unpaired) electrons. The summed E-state index contributed by atoms with van der Waals surface area (Å²) < 4.78 is 0. The lowest BCUT2D eigenvalue weighted by atomic mass is 10.00. The molecule has 4 heteroatoms. The zero-order valence-corrected chi connectivity index (χ0v) is 14.1. The van der Waals surface area contributed by atoms with E-state index in [4.69, 9.17) is 0 Å². The fourth-order valence-electron chi connectivity index (χ4n) is 3.06. The molecule has 0 bridgehead atoms. The van der Waals surface area contributed by atoms with Crippen molar-refractivity contribution < 1.29 is 0 Å². The highest BCUT2D eigenvalue weighted by molar-refractivity contribution is 5.86. The van der Waals surface area contributed by atoms with Crippen LogP contribution in [0.4, 0.5) is 0 Å². The van der Waals surface area contributed by atoms with Crippen LogP contribution in [0.1, 0.15) is 24.2 Å². The molecular weight excluding hydrogens is 308 g/mol. The highest BCUT2D eigenvalue weighted by Crippen LogP contribution is 2.24. The van der Waals surface area contributed by atoms with E-state index in [-0.39, 0.29) is 6.04 Å². The van der Waals surface area contributed by atoms with Gasteiger partial charge < -0.3 is 5.32 Å². The fourth-order valence-corrected chi connectivity index (χ4v) is 3.06. The molecule has 0 saturated heterocycles. The Morgan fingerprint density at radius 2 is 1.68 bits per heavy atom. The lowest BCUT2D eigenvalue weighted by Gasteiger charge is -2.15. The molecule has 0 aliphatic heterocycles. The van der Waals surface area contributed by atoms with E-state index in [1.165, 1.54) is 16.3 Å². The van der Waals surface area contributed by atoms with Crippen molar-refractivity contribution >= 4 is 10.8 Å². The van der Waals surface area contributed by atoms with Crippen LogP contribution in [-0.2, 0) is 6.54 Å². The van der Waals surface area contributed by atoms with Crippen LogP contribution in [0.25, 0.3) is 16.5 Å². The Bertz CT molecular complexity index is 970. The average Bonchev–Trinajstić information content (AvgIpc) is 3.15. The predicted molar refractivity (Wildman–Crippen MR) is 101 cm³/mol. The van der Waals surface area contributed by atoms with Crippen molar-refractivity contribution in [1.82, 2.24) is 20.3 Å². The molecule has 124 valence electrons. The summed E-state index contributed by atoms with van der Waals surface area (Å²) in [5.41, 5.74) is 3.19. The maximum absolute atomic E-state index is 4.55.